The molecule has 7 heteroatoms. The van der Waals surface area contributed by atoms with Gasteiger partial charge in [-0.2, -0.15) is 5.10 Å². The van der Waals surface area contributed by atoms with Gasteiger partial charge in [0.25, 0.3) is 5.91 Å². The highest BCUT2D eigenvalue weighted by Gasteiger charge is 2.05. The van der Waals surface area contributed by atoms with Gasteiger partial charge in [-0.15, -0.1) is 0 Å². The third kappa shape index (κ3) is 5.37. The Morgan fingerprint density at radius 2 is 1.78 bits per heavy atom. The van der Waals surface area contributed by atoms with Crippen molar-refractivity contribution in [1.82, 2.24) is 20.6 Å². The van der Waals surface area contributed by atoms with Gasteiger partial charge in [0, 0.05) is 17.8 Å². The summed E-state index contributed by atoms with van der Waals surface area (Å²) in [5.74, 6) is -1.25. The average molecular weight is 364 g/mol. The number of halogens is 1. The fourth-order valence-corrected chi connectivity index (χ4v) is 2.32. The second-order valence-corrected chi connectivity index (χ2v) is 5.73. The molecule has 3 aromatic rings. The van der Waals surface area contributed by atoms with E-state index in [4.69, 9.17) is 0 Å². The lowest BCUT2D eigenvalue weighted by Gasteiger charge is -2.05. The Labute approximate surface area is 155 Å². The lowest BCUT2D eigenvalue weighted by molar-refractivity contribution is -0.126. The van der Waals surface area contributed by atoms with Crippen molar-refractivity contribution in [2.45, 2.75) is 6.42 Å². The van der Waals surface area contributed by atoms with Crippen LogP contribution in [0.4, 0.5) is 4.39 Å². The first-order valence-corrected chi connectivity index (χ1v) is 8.21. The number of nitrogens with one attached hydrogen (secondary N) is 2. The van der Waals surface area contributed by atoms with Gasteiger partial charge in [-0.3, -0.25) is 20.4 Å². The van der Waals surface area contributed by atoms with E-state index in [1.807, 2.05) is 30.3 Å². The Hall–Kier alpha value is -3.74. The Morgan fingerprint density at radius 3 is 2.52 bits per heavy atom. The number of hydrogen-bond acceptors (Lipinski definition) is 3. The van der Waals surface area contributed by atoms with Crippen molar-refractivity contribution < 1.29 is 14.0 Å². The van der Waals surface area contributed by atoms with E-state index in [1.165, 1.54) is 30.3 Å². The zero-order valence-corrected chi connectivity index (χ0v) is 14.3. The van der Waals surface area contributed by atoms with E-state index in [1.54, 1.807) is 23.2 Å². The van der Waals surface area contributed by atoms with Gasteiger partial charge in [-0.05, 0) is 35.9 Å². The van der Waals surface area contributed by atoms with Gasteiger partial charge < -0.3 is 0 Å². The second kappa shape index (κ2) is 8.57. The molecule has 2 aromatic carbocycles. The Kier molecular flexibility index (Phi) is 5.73. The van der Waals surface area contributed by atoms with E-state index < -0.39 is 11.8 Å². The number of rotatable bonds is 5. The molecule has 0 unspecified atom stereocenters. The highest BCUT2D eigenvalue weighted by molar-refractivity contribution is 5.93. The molecule has 6 nitrogen and oxygen atoms in total. The summed E-state index contributed by atoms with van der Waals surface area (Å²) in [6.45, 7) is 0. The summed E-state index contributed by atoms with van der Waals surface area (Å²) in [7, 11) is 0. The molecule has 0 saturated carbocycles. The summed E-state index contributed by atoms with van der Waals surface area (Å²) in [5.41, 5.74) is 6.90. The number of aromatic nitrogens is 2. The maximum absolute atomic E-state index is 12.8. The van der Waals surface area contributed by atoms with E-state index in [-0.39, 0.29) is 12.2 Å². The number of hydrogen-bond donors (Lipinski definition) is 2. The molecule has 0 aliphatic rings. The van der Waals surface area contributed by atoms with Crippen molar-refractivity contribution >= 4 is 17.9 Å². The van der Waals surface area contributed by atoms with E-state index in [0.29, 0.717) is 5.56 Å². The number of amides is 2. The maximum atomic E-state index is 12.8. The summed E-state index contributed by atoms with van der Waals surface area (Å²) < 4.78 is 14.5. The van der Waals surface area contributed by atoms with Crippen LogP contribution in [0, 0.1) is 5.82 Å². The minimum atomic E-state index is -0.477. The molecule has 1 aromatic heterocycles. The molecule has 2 amide bonds. The SMILES string of the molecule is O=C(/C=C/c1cnn(-c2ccccc2)c1)NNC(=O)Cc1ccc(F)cc1. The number of benzene rings is 2. The van der Waals surface area contributed by atoms with Crippen LogP contribution in [0.5, 0.6) is 0 Å². The van der Waals surface area contributed by atoms with Crippen molar-refractivity contribution in [2.75, 3.05) is 0 Å². The van der Waals surface area contributed by atoms with E-state index in [9.17, 15) is 14.0 Å². The zero-order valence-electron chi connectivity index (χ0n) is 14.3. The Bertz CT molecular complexity index is 950. The Morgan fingerprint density at radius 1 is 1.04 bits per heavy atom. The highest BCUT2D eigenvalue weighted by atomic mass is 19.1. The van der Waals surface area contributed by atoms with E-state index in [2.05, 4.69) is 16.0 Å². The van der Waals surface area contributed by atoms with Crippen LogP contribution in [0.15, 0.2) is 73.1 Å². The molecule has 0 aliphatic carbocycles. The van der Waals surface area contributed by atoms with Crippen LogP contribution in [0.25, 0.3) is 11.8 Å². The maximum Gasteiger partial charge on any atom is 0.262 e. The summed E-state index contributed by atoms with van der Waals surface area (Å²) >= 11 is 0. The van der Waals surface area contributed by atoms with Gasteiger partial charge in [0.1, 0.15) is 5.82 Å². The summed E-state index contributed by atoms with van der Waals surface area (Å²) in [6.07, 6.45) is 6.34. The molecule has 0 saturated heterocycles. The molecule has 3 rings (SSSR count). The Balaban J connectivity index is 1.48. The van der Waals surface area contributed by atoms with Gasteiger partial charge in [0.2, 0.25) is 5.91 Å². The third-order valence-corrected chi connectivity index (χ3v) is 3.65. The van der Waals surface area contributed by atoms with Gasteiger partial charge >= 0.3 is 0 Å². The average Bonchev–Trinajstić information content (AvgIpc) is 3.16. The van der Waals surface area contributed by atoms with Crippen LogP contribution in [0.2, 0.25) is 0 Å². The molecule has 136 valence electrons. The first-order valence-electron chi connectivity index (χ1n) is 8.21. The quantitative estimate of drug-likeness (QED) is 0.539. The topological polar surface area (TPSA) is 76.0 Å². The second-order valence-electron chi connectivity index (χ2n) is 5.73. The molecular formula is C20H17FN4O2. The molecule has 0 radical (unpaired) electrons. The molecule has 0 bridgehead atoms. The van der Waals surface area contributed by atoms with E-state index >= 15 is 0 Å². The van der Waals surface area contributed by atoms with Crippen LogP contribution < -0.4 is 10.9 Å². The van der Waals surface area contributed by atoms with Crippen molar-refractivity contribution in [1.29, 1.82) is 0 Å². The van der Waals surface area contributed by atoms with Crippen LogP contribution in [0.1, 0.15) is 11.1 Å². The molecule has 0 atom stereocenters. The van der Waals surface area contributed by atoms with Gasteiger partial charge in [-0.25, -0.2) is 9.07 Å². The number of carbonyl (C=O) groups excluding carboxylic acids is 2. The first-order chi connectivity index (χ1) is 13.1. The minimum absolute atomic E-state index is 0.0358. The molecule has 0 fully saturated rings. The van der Waals surface area contributed by atoms with Crippen molar-refractivity contribution in [3.8, 4) is 5.69 Å². The summed E-state index contributed by atoms with van der Waals surface area (Å²) in [6, 6.07) is 15.2. The standard InChI is InChI=1S/C20H17FN4O2/c21-17-9-6-15(7-10-17)12-20(27)24-23-19(26)11-8-16-13-22-25(14-16)18-4-2-1-3-5-18/h1-11,13-14H,12H2,(H,23,26)(H,24,27)/b11-8+. The largest absolute Gasteiger partial charge is 0.273 e. The van der Waals surface area contributed by atoms with Gasteiger partial charge in [0.15, 0.2) is 0 Å². The number of para-hydroxylation sites is 1. The smallest absolute Gasteiger partial charge is 0.262 e. The molecule has 0 aliphatic heterocycles. The number of nitrogens with zero attached hydrogens (tertiary/aromatic N) is 2. The predicted molar refractivity (Wildman–Crippen MR) is 99.0 cm³/mol. The predicted octanol–water partition coefficient (Wildman–Crippen LogP) is 2.41. The summed E-state index contributed by atoms with van der Waals surface area (Å²) in [5, 5.41) is 4.23. The molecule has 1 heterocycles. The molecule has 27 heavy (non-hydrogen) atoms. The summed E-state index contributed by atoms with van der Waals surface area (Å²) in [4.78, 5) is 23.6. The van der Waals surface area contributed by atoms with E-state index in [0.717, 1.165) is 11.3 Å². The van der Waals surface area contributed by atoms with Crippen molar-refractivity contribution in [3.63, 3.8) is 0 Å². The van der Waals surface area contributed by atoms with Gasteiger partial charge in [0.05, 0.1) is 18.3 Å². The third-order valence-electron chi connectivity index (χ3n) is 3.65. The van der Waals surface area contributed by atoms with Crippen LogP contribution in [-0.2, 0) is 16.0 Å². The van der Waals surface area contributed by atoms with Crippen LogP contribution in [-0.4, -0.2) is 21.6 Å². The van der Waals surface area contributed by atoms with Crippen molar-refractivity contribution in [2.24, 2.45) is 0 Å². The lowest BCUT2D eigenvalue weighted by Crippen LogP contribution is -2.41. The molecule has 0 spiro atoms. The minimum Gasteiger partial charge on any atom is -0.273 e. The number of hydrazine groups is 1. The lowest BCUT2D eigenvalue weighted by atomic mass is 10.1. The highest BCUT2D eigenvalue weighted by Crippen LogP contribution is 2.08. The fraction of sp³-hybridized carbons (Fsp3) is 0.0500. The van der Waals surface area contributed by atoms with Crippen LogP contribution in [0.3, 0.4) is 0 Å². The first kappa shape index (κ1) is 18.1. The molecular weight excluding hydrogens is 347 g/mol. The zero-order chi connectivity index (χ0) is 19.1. The van der Waals surface area contributed by atoms with Gasteiger partial charge in [-0.1, -0.05) is 30.3 Å². The number of carbonyl (C=O) groups is 2. The van der Waals surface area contributed by atoms with Crippen LogP contribution >= 0.6 is 0 Å². The van der Waals surface area contributed by atoms with Crippen molar-refractivity contribution in [3.05, 3.63) is 90.0 Å². The fourth-order valence-electron chi connectivity index (χ4n) is 2.32. The molecule has 2 N–H and O–H groups in total. The monoisotopic (exact) mass is 364 g/mol. The normalized spacial score (nSPS) is 10.7.